The highest BCUT2D eigenvalue weighted by atomic mass is 31.2. The third-order valence-electron chi connectivity index (χ3n) is 10.4. The van der Waals surface area contributed by atoms with Crippen molar-refractivity contribution in [3.8, 4) is 0 Å². The van der Waals surface area contributed by atoms with Crippen molar-refractivity contribution in [3.05, 3.63) is 24.3 Å². The van der Waals surface area contributed by atoms with Crippen molar-refractivity contribution in [1.82, 2.24) is 5.32 Å². The first kappa shape index (κ1) is 54.0. The molecular weight excluding hydrogens is 707 g/mol. The minimum Gasteiger partial charge on any atom is -0.756 e. The molecule has 9 heteroatoms. The first-order chi connectivity index (χ1) is 26.5. The molecule has 0 bridgehead atoms. The Morgan fingerprint density at radius 2 is 1.00 bits per heavy atom. The molecule has 0 saturated carbocycles. The Morgan fingerprint density at radius 1 is 0.618 bits per heavy atom. The Hall–Kier alpha value is -1.02. The zero-order valence-electron chi connectivity index (χ0n) is 36.9. The van der Waals surface area contributed by atoms with Gasteiger partial charge in [-0.15, -0.1) is 0 Å². The van der Waals surface area contributed by atoms with Crippen LogP contribution in [0.15, 0.2) is 24.3 Å². The van der Waals surface area contributed by atoms with Crippen molar-refractivity contribution in [3.63, 3.8) is 0 Å². The molecule has 3 unspecified atom stereocenters. The van der Waals surface area contributed by atoms with Crippen LogP contribution in [0.1, 0.15) is 213 Å². The molecule has 0 spiro atoms. The molecule has 0 aromatic carbocycles. The first-order valence-electron chi connectivity index (χ1n) is 23.2. The van der Waals surface area contributed by atoms with Crippen LogP contribution in [0.5, 0.6) is 0 Å². The summed E-state index contributed by atoms with van der Waals surface area (Å²) in [6.45, 7) is 4.62. The molecule has 0 aliphatic rings. The molecule has 0 fully saturated rings. The summed E-state index contributed by atoms with van der Waals surface area (Å²) in [5.41, 5.74) is 0. The number of carbonyl (C=O) groups excluding carboxylic acids is 1. The SMILES string of the molecule is CCCCCCCCC/C=C/C(O)C(COP(=O)([O-])OCC[N+](C)(C)C)NC(=O)CCCCCCCCCC/C=C\CCCCCCCCCCCCCC. The lowest BCUT2D eigenvalue weighted by Gasteiger charge is -2.29. The van der Waals surface area contributed by atoms with Crippen LogP contribution in [-0.2, 0) is 18.4 Å². The number of allylic oxidation sites excluding steroid dienone is 3. The second-order valence-electron chi connectivity index (χ2n) is 17.1. The van der Waals surface area contributed by atoms with Gasteiger partial charge in [-0.1, -0.05) is 186 Å². The third kappa shape index (κ3) is 41.0. The summed E-state index contributed by atoms with van der Waals surface area (Å²) in [5.74, 6) is -0.202. The molecule has 326 valence electrons. The molecular formula is C46H91N2O6P. The van der Waals surface area contributed by atoms with E-state index >= 15 is 0 Å². The Labute approximate surface area is 341 Å². The molecule has 2 N–H and O–H groups in total. The fourth-order valence-corrected chi connectivity index (χ4v) is 7.40. The molecule has 3 atom stereocenters. The van der Waals surface area contributed by atoms with E-state index in [1.54, 1.807) is 6.08 Å². The minimum absolute atomic E-state index is 0.000881. The van der Waals surface area contributed by atoms with Crippen molar-refractivity contribution >= 4 is 13.7 Å². The number of phosphoric acid groups is 1. The second-order valence-corrected chi connectivity index (χ2v) is 18.5. The van der Waals surface area contributed by atoms with Crippen molar-refractivity contribution in [2.24, 2.45) is 0 Å². The average molecular weight is 799 g/mol. The maximum Gasteiger partial charge on any atom is 0.268 e. The summed E-state index contributed by atoms with van der Waals surface area (Å²) in [6, 6.07) is -0.883. The number of carbonyl (C=O) groups is 1. The van der Waals surface area contributed by atoms with Crippen LogP contribution in [0.4, 0.5) is 0 Å². The van der Waals surface area contributed by atoms with E-state index in [0.29, 0.717) is 17.4 Å². The van der Waals surface area contributed by atoms with E-state index in [1.165, 1.54) is 154 Å². The van der Waals surface area contributed by atoms with Crippen LogP contribution in [-0.4, -0.2) is 68.5 Å². The van der Waals surface area contributed by atoms with Gasteiger partial charge in [0.15, 0.2) is 0 Å². The number of hydrogen-bond acceptors (Lipinski definition) is 6. The Morgan fingerprint density at radius 3 is 1.42 bits per heavy atom. The topological polar surface area (TPSA) is 108 Å². The Kier molecular flexibility index (Phi) is 37.8. The molecule has 0 radical (unpaired) electrons. The molecule has 1 amide bonds. The number of aliphatic hydroxyl groups excluding tert-OH is 1. The van der Waals surface area contributed by atoms with Gasteiger partial charge in [0.25, 0.3) is 7.82 Å². The number of quaternary nitrogens is 1. The van der Waals surface area contributed by atoms with Crippen molar-refractivity contribution in [2.75, 3.05) is 40.9 Å². The zero-order valence-corrected chi connectivity index (χ0v) is 37.8. The van der Waals surface area contributed by atoms with E-state index in [-0.39, 0.29) is 19.1 Å². The summed E-state index contributed by atoms with van der Waals surface area (Å²) in [6.07, 6.45) is 45.3. The van der Waals surface area contributed by atoms with Crippen LogP contribution in [0.25, 0.3) is 0 Å². The van der Waals surface area contributed by atoms with Gasteiger partial charge in [0.1, 0.15) is 13.2 Å². The van der Waals surface area contributed by atoms with Crippen LogP contribution in [0.3, 0.4) is 0 Å². The number of amides is 1. The van der Waals surface area contributed by atoms with Gasteiger partial charge < -0.3 is 28.8 Å². The number of hydrogen-bond donors (Lipinski definition) is 2. The normalized spacial score (nSPS) is 14.5. The zero-order chi connectivity index (χ0) is 40.7. The summed E-state index contributed by atoms with van der Waals surface area (Å²) < 4.78 is 23.1. The van der Waals surface area contributed by atoms with E-state index in [4.69, 9.17) is 9.05 Å². The largest absolute Gasteiger partial charge is 0.756 e. The summed E-state index contributed by atoms with van der Waals surface area (Å²) in [5, 5.41) is 13.7. The third-order valence-corrected chi connectivity index (χ3v) is 11.4. The number of aliphatic hydroxyl groups is 1. The van der Waals surface area contributed by atoms with E-state index in [0.717, 1.165) is 38.5 Å². The van der Waals surface area contributed by atoms with Gasteiger partial charge in [0.05, 0.1) is 39.9 Å². The lowest BCUT2D eigenvalue weighted by atomic mass is 10.0. The summed E-state index contributed by atoms with van der Waals surface area (Å²) in [4.78, 5) is 25.2. The lowest BCUT2D eigenvalue weighted by Crippen LogP contribution is -2.45. The predicted molar refractivity (Wildman–Crippen MR) is 233 cm³/mol. The van der Waals surface area contributed by atoms with Gasteiger partial charge in [-0.2, -0.15) is 0 Å². The van der Waals surface area contributed by atoms with E-state index in [1.807, 2.05) is 27.2 Å². The molecule has 0 aliphatic heterocycles. The highest BCUT2D eigenvalue weighted by Crippen LogP contribution is 2.38. The maximum absolute atomic E-state index is 12.8. The molecule has 0 aliphatic carbocycles. The molecule has 0 aromatic heterocycles. The van der Waals surface area contributed by atoms with Crippen LogP contribution in [0.2, 0.25) is 0 Å². The lowest BCUT2D eigenvalue weighted by molar-refractivity contribution is -0.870. The number of rotatable bonds is 42. The minimum atomic E-state index is -4.58. The maximum atomic E-state index is 12.8. The summed E-state index contributed by atoms with van der Waals surface area (Å²) in [7, 11) is 1.26. The highest BCUT2D eigenvalue weighted by Gasteiger charge is 2.23. The number of nitrogens with zero attached hydrogens (tertiary/aromatic N) is 1. The Balaban J connectivity index is 4.17. The van der Waals surface area contributed by atoms with E-state index in [9.17, 15) is 19.4 Å². The Bertz CT molecular complexity index is 953. The number of unbranched alkanes of at least 4 members (excludes halogenated alkanes) is 27. The quantitative estimate of drug-likeness (QED) is 0.0276. The van der Waals surface area contributed by atoms with Gasteiger partial charge in [0, 0.05) is 6.42 Å². The van der Waals surface area contributed by atoms with Crippen LogP contribution in [0, 0.1) is 0 Å². The van der Waals surface area contributed by atoms with Crippen LogP contribution >= 0.6 is 7.82 Å². The van der Waals surface area contributed by atoms with Gasteiger partial charge in [-0.3, -0.25) is 9.36 Å². The van der Waals surface area contributed by atoms with E-state index in [2.05, 4.69) is 31.3 Å². The molecule has 0 heterocycles. The van der Waals surface area contributed by atoms with Crippen molar-refractivity contribution < 1.29 is 32.9 Å². The molecule has 0 saturated heterocycles. The number of likely N-dealkylation sites (N-methyl/N-ethyl adjacent to an activating group) is 1. The standard InChI is InChI=1S/C46H91N2O6P/c1-6-8-10-12-14-16-17-18-19-20-21-22-23-24-25-26-27-28-29-30-32-34-36-38-40-46(50)47-44(43-54-55(51,52)53-42-41-48(3,4)5)45(49)39-37-35-33-31-15-13-11-9-7-2/h24-25,37,39,44-45,49H,6-23,26-36,38,40-43H2,1-5H3,(H-,47,50,51,52)/b25-24-,39-37+. The second kappa shape index (κ2) is 38.5. The van der Waals surface area contributed by atoms with Crippen LogP contribution < -0.4 is 10.2 Å². The fourth-order valence-electron chi connectivity index (χ4n) is 6.68. The molecule has 55 heavy (non-hydrogen) atoms. The smallest absolute Gasteiger partial charge is 0.268 e. The highest BCUT2D eigenvalue weighted by molar-refractivity contribution is 7.45. The number of phosphoric ester groups is 1. The van der Waals surface area contributed by atoms with Crippen molar-refractivity contribution in [1.29, 1.82) is 0 Å². The predicted octanol–water partition coefficient (Wildman–Crippen LogP) is 12.3. The van der Waals surface area contributed by atoms with Crippen molar-refractivity contribution in [2.45, 2.75) is 225 Å². The van der Waals surface area contributed by atoms with E-state index < -0.39 is 20.0 Å². The number of nitrogens with one attached hydrogen (secondary N) is 1. The van der Waals surface area contributed by atoms with Gasteiger partial charge in [-0.05, 0) is 44.9 Å². The van der Waals surface area contributed by atoms with Gasteiger partial charge >= 0.3 is 0 Å². The average Bonchev–Trinajstić information content (AvgIpc) is 3.13. The molecule has 0 rings (SSSR count). The monoisotopic (exact) mass is 799 g/mol. The first-order valence-corrected chi connectivity index (χ1v) is 24.7. The summed E-state index contributed by atoms with van der Waals surface area (Å²) >= 11 is 0. The fraction of sp³-hybridized carbons (Fsp3) is 0.891. The molecule has 0 aromatic rings. The van der Waals surface area contributed by atoms with Gasteiger partial charge in [-0.25, -0.2) is 0 Å². The van der Waals surface area contributed by atoms with Gasteiger partial charge in [0.2, 0.25) is 5.91 Å². The molecule has 8 nitrogen and oxygen atoms in total.